The zero-order valence-electron chi connectivity index (χ0n) is 17.2. The number of fused-ring (bicyclic) bond motifs is 1. The predicted molar refractivity (Wildman–Crippen MR) is 113 cm³/mol. The van der Waals surface area contributed by atoms with Gasteiger partial charge < -0.3 is 19.7 Å². The van der Waals surface area contributed by atoms with Gasteiger partial charge in [-0.25, -0.2) is 18.0 Å². The molecular weight excluding hydrogens is 425 g/mol. The predicted octanol–water partition coefficient (Wildman–Crippen LogP) is 3.63. The number of hydrogen-bond acceptors (Lipinski definition) is 4. The highest BCUT2D eigenvalue weighted by molar-refractivity contribution is 5.96. The average Bonchev–Trinajstić information content (AvgIpc) is 2.74. The molecule has 1 saturated heterocycles. The van der Waals surface area contributed by atoms with Crippen LogP contribution in [0.3, 0.4) is 0 Å². The smallest absolute Gasteiger partial charge is 0.341 e. The Labute approximate surface area is 181 Å². The summed E-state index contributed by atoms with van der Waals surface area (Å²) in [6.07, 6.45) is 1.65. The summed E-state index contributed by atoms with van der Waals surface area (Å²) in [4.78, 5) is 26.3. The van der Waals surface area contributed by atoms with Crippen LogP contribution in [0.2, 0.25) is 0 Å². The maximum Gasteiger partial charge on any atom is 0.341 e. The number of carboxylic acid groups (broad SMARTS) is 1. The van der Waals surface area contributed by atoms with Crippen LogP contribution in [0.15, 0.2) is 35.3 Å². The van der Waals surface area contributed by atoms with Crippen molar-refractivity contribution in [1.29, 1.82) is 0 Å². The van der Waals surface area contributed by atoms with Crippen molar-refractivity contribution in [3.8, 4) is 5.69 Å². The Kier molecular flexibility index (Phi) is 5.68. The van der Waals surface area contributed by atoms with Crippen LogP contribution in [0.25, 0.3) is 16.6 Å². The Morgan fingerprint density at radius 3 is 2.41 bits per heavy atom. The molecule has 1 fully saturated rings. The molecule has 0 spiro atoms. The SMILES string of the molecule is CCc1c(N2CCC(O)CC2)c(F)cc2c(=O)c(C(=O)O)cn(-c3ccc(F)cc3F)c12. The van der Waals surface area contributed by atoms with E-state index in [2.05, 4.69) is 0 Å². The van der Waals surface area contributed by atoms with Gasteiger partial charge in [0.2, 0.25) is 5.43 Å². The van der Waals surface area contributed by atoms with Gasteiger partial charge >= 0.3 is 5.97 Å². The number of hydrogen-bond donors (Lipinski definition) is 2. The molecule has 0 unspecified atom stereocenters. The van der Waals surface area contributed by atoms with Gasteiger partial charge in [0.25, 0.3) is 0 Å². The summed E-state index contributed by atoms with van der Waals surface area (Å²) in [5, 5.41) is 19.1. The number of aromatic nitrogens is 1. The molecule has 1 aliphatic rings. The van der Waals surface area contributed by atoms with Crippen LogP contribution in [0.1, 0.15) is 35.7 Å². The fourth-order valence-corrected chi connectivity index (χ4v) is 4.31. The van der Waals surface area contributed by atoms with E-state index in [1.54, 1.807) is 11.8 Å². The van der Waals surface area contributed by atoms with Crippen molar-refractivity contribution in [2.45, 2.75) is 32.3 Å². The van der Waals surface area contributed by atoms with E-state index in [0.717, 1.165) is 24.4 Å². The minimum atomic E-state index is -1.54. The zero-order chi connectivity index (χ0) is 23.2. The number of carbonyl (C=O) groups is 1. The number of aliphatic hydroxyl groups excluding tert-OH is 1. The lowest BCUT2D eigenvalue weighted by Crippen LogP contribution is -2.37. The first kappa shape index (κ1) is 21.9. The number of nitrogens with zero attached hydrogens (tertiary/aromatic N) is 2. The number of pyridine rings is 1. The van der Waals surface area contributed by atoms with Crippen LogP contribution in [0.4, 0.5) is 18.9 Å². The van der Waals surface area contributed by atoms with Gasteiger partial charge in [0.05, 0.1) is 28.4 Å². The average molecular weight is 446 g/mol. The van der Waals surface area contributed by atoms with Crippen LogP contribution >= 0.6 is 0 Å². The molecule has 9 heteroatoms. The van der Waals surface area contributed by atoms with Gasteiger partial charge in [-0.2, -0.15) is 0 Å². The van der Waals surface area contributed by atoms with Crippen molar-refractivity contribution in [3.05, 3.63) is 69.3 Å². The molecule has 2 aromatic carbocycles. The molecule has 0 atom stereocenters. The van der Waals surface area contributed by atoms with E-state index in [0.29, 0.717) is 37.6 Å². The van der Waals surface area contributed by atoms with E-state index in [4.69, 9.17) is 0 Å². The second kappa shape index (κ2) is 8.31. The summed E-state index contributed by atoms with van der Waals surface area (Å²) in [5.41, 5.74) is -0.924. The molecule has 0 amide bonds. The van der Waals surface area contributed by atoms with Crippen LogP contribution < -0.4 is 10.3 Å². The number of piperidine rings is 1. The Balaban J connectivity index is 2.11. The lowest BCUT2D eigenvalue weighted by Gasteiger charge is -2.33. The number of carboxylic acids is 1. The Morgan fingerprint density at radius 2 is 1.81 bits per heavy atom. The maximum absolute atomic E-state index is 15.3. The second-order valence-electron chi connectivity index (χ2n) is 7.80. The van der Waals surface area contributed by atoms with E-state index < -0.39 is 40.5 Å². The quantitative estimate of drug-likeness (QED) is 0.640. The number of aryl methyl sites for hydroxylation is 1. The molecule has 0 aliphatic carbocycles. The molecule has 1 aromatic heterocycles. The van der Waals surface area contributed by atoms with Crippen molar-refractivity contribution in [1.82, 2.24) is 4.57 Å². The minimum absolute atomic E-state index is 0.163. The standard InChI is InChI=1S/C23H21F3N2O4/c1-2-14-20-15(10-18(26)21(14)27-7-5-13(29)6-8-27)22(30)16(23(31)32)11-28(20)19-4-3-12(24)9-17(19)25/h3-4,9-11,13,29H,2,5-8H2,1H3,(H,31,32). The monoisotopic (exact) mass is 446 g/mol. The van der Waals surface area contributed by atoms with E-state index >= 15 is 4.39 Å². The summed E-state index contributed by atoms with van der Waals surface area (Å²) >= 11 is 0. The van der Waals surface area contributed by atoms with Crippen molar-refractivity contribution in [2.75, 3.05) is 18.0 Å². The third kappa shape index (κ3) is 3.62. The second-order valence-corrected chi connectivity index (χ2v) is 7.80. The highest BCUT2D eigenvalue weighted by Gasteiger charge is 2.27. The van der Waals surface area contributed by atoms with Crippen LogP contribution in [0.5, 0.6) is 0 Å². The first-order valence-electron chi connectivity index (χ1n) is 10.2. The number of rotatable bonds is 4. The molecule has 32 heavy (non-hydrogen) atoms. The summed E-state index contributed by atoms with van der Waals surface area (Å²) in [6.45, 7) is 2.52. The lowest BCUT2D eigenvalue weighted by atomic mass is 9.99. The first-order valence-corrected chi connectivity index (χ1v) is 10.2. The molecule has 0 radical (unpaired) electrons. The molecule has 6 nitrogen and oxygen atoms in total. The number of aliphatic hydroxyl groups is 1. The largest absolute Gasteiger partial charge is 0.477 e. The van der Waals surface area contributed by atoms with Gasteiger partial charge in [-0.05, 0) is 37.5 Å². The number of anilines is 1. The molecule has 3 aromatic rings. The summed E-state index contributed by atoms with van der Waals surface area (Å²) in [5.74, 6) is -4.01. The zero-order valence-corrected chi connectivity index (χ0v) is 17.2. The van der Waals surface area contributed by atoms with E-state index in [1.165, 1.54) is 4.57 Å². The number of benzene rings is 2. The molecule has 168 valence electrons. The fourth-order valence-electron chi connectivity index (χ4n) is 4.31. The van der Waals surface area contributed by atoms with Gasteiger partial charge in [0, 0.05) is 30.9 Å². The molecule has 4 rings (SSSR count). The van der Waals surface area contributed by atoms with Crippen LogP contribution in [-0.4, -0.2) is 39.9 Å². The van der Waals surface area contributed by atoms with Crippen molar-refractivity contribution < 1.29 is 28.2 Å². The third-order valence-corrected chi connectivity index (χ3v) is 5.85. The first-order chi connectivity index (χ1) is 15.2. The Bertz CT molecular complexity index is 1280. The van der Waals surface area contributed by atoms with Crippen molar-refractivity contribution >= 4 is 22.6 Å². The number of halogens is 3. The number of aromatic carboxylic acids is 1. The van der Waals surface area contributed by atoms with Gasteiger partial charge in [0.1, 0.15) is 23.0 Å². The Hall–Kier alpha value is -3.33. The normalized spacial score (nSPS) is 14.8. The van der Waals surface area contributed by atoms with Crippen molar-refractivity contribution in [3.63, 3.8) is 0 Å². The molecule has 0 saturated carbocycles. The van der Waals surface area contributed by atoms with E-state index in [1.807, 2.05) is 0 Å². The topological polar surface area (TPSA) is 82.8 Å². The fraction of sp³-hybridized carbons (Fsp3) is 0.304. The highest BCUT2D eigenvalue weighted by Crippen LogP contribution is 2.35. The Morgan fingerprint density at radius 1 is 1.12 bits per heavy atom. The van der Waals surface area contributed by atoms with E-state index in [-0.39, 0.29) is 28.7 Å². The van der Waals surface area contributed by atoms with Gasteiger partial charge in [-0.15, -0.1) is 0 Å². The van der Waals surface area contributed by atoms with Gasteiger partial charge in [-0.1, -0.05) is 6.92 Å². The molecule has 0 bridgehead atoms. The van der Waals surface area contributed by atoms with Crippen molar-refractivity contribution in [2.24, 2.45) is 0 Å². The highest BCUT2D eigenvalue weighted by atomic mass is 19.1. The molecule has 1 aliphatic heterocycles. The maximum atomic E-state index is 15.3. The molecule has 2 heterocycles. The van der Waals surface area contributed by atoms with Gasteiger partial charge in [0.15, 0.2) is 0 Å². The summed E-state index contributed by atoms with van der Waals surface area (Å²) in [7, 11) is 0. The van der Waals surface area contributed by atoms with E-state index in [9.17, 15) is 28.6 Å². The van der Waals surface area contributed by atoms with Crippen LogP contribution in [0, 0.1) is 17.5 Å². The molecule has 2 N–H and O–H groups in total. The van der Waals surface area contributed by atoms with Gasteiger partial charge in [-0.3, -0.25) is 4.79 Å². The molecular formula is C23H21F3N2O4. The van der Waals surface area contributed by atoms with Crippen LogP contribution in [-0.2, 0) is 6.42 Å². The minimum Gasteiger partial charge on any atom is -0.477 e. The lowest BCUT2D eigenvalue weighted by molar-refractivity contribution is 0.0695. The summed E-state index contributed by atoms with van der Waals surface area (Å²) in [6, 6.07) is 3.79. The summed E-state index contributed by atoms with van der Waals surface area (Å²) < 4.78 is 44.7. The third-order valence-electron chi connectivity index (χ3n) is 5.85.